The predicted octanol–water partition coefficient (Wildman–Crippen LogP) is 1.06. The SMILES string of the molecule is Cc1ccc(C(N)=S)cc1S(=O)(=O)NC(C)CCS(C)=O. The maximum absolute atomic E-state index is 12.4. The molecular weight excluding hydrogens is 328 g/mol. The molecule has 0 saturated carbocycles. The molecule has 0 aliphatic carbocycles. The molecule has 5 nitrogen and oxygen atoms in total. The van der Waals surface area contributed by atoms with Gasteiger partial charge in [0.05, 0.1) is 4.90 Å². The summed E-state index contributed by atoms with van der Waals surface area (Å²) in [6.07, 6.45) is 2.10. The van der Waals surface area contributed by atoms with Gasteiger partial charge in [0.2, 0.25) is 10.0 Å². The fraction of sp³-hybridized carbons (Fsp3) is 0.462. The van der Waals surface area contributed by atoms with Crippen molar-refractivity contribution < 1.29 is 12.6 Å². The van der Waals surface area contributed by atoms with Crippen molar-refractivity contribution in [3.63, 3.8) is 0 Å². The van der Waals surface area contributed by atoms with E-state index in [0.717, 1.165) is 0 Å². The van der Waals surface area contributed by atoms with Crippen LogP contribution in [-0.2, 0) is 20.8 Å². The highest BCUT2D eigenvalue weighted by Crippen LogP contribution is 2.18. The van der Waals surface area contributed by atoms with Crippen molar-refractivity contribution in [2.75, 3.05) is 12.0 Å². The van der Waals surface area contributed by atoms with Gasteiger partial charge in [-0.2, -0.15) is 0 Å². The first kappa shape index (κ1) is 18.2. The number of hydrogen-bond donors (Lipinski definition) is 2. The lowest BCUT2D eigenvalue weighted by atomic mass is 10.1. The normalized spacial score (nSPS) is 14.6. The molecule has 1 aromatic carbocycles. The summed E-state index contributed by atoms with van der Waals surface area (Å²) < 4.78 is 38.5. The van der Waals surface area contributed by atoms with Crippen LogP contribution in [-0.4, -0.2) is 35.7 Å². The molecule has 0 fully saturated rings. The first-order valence-corrected chi connectivity index (χ1v) is 9.98. The molecule has 0 aliphatic heterocycles. The highest BCUT2D eigenvalue weighted by atomic mass is 32.2. The van der Waals surface area contributed by atoms with Crippen LogP contribution >= 0.6 is 12.2 Å². The Morgan fingerprint density at radius 1 is 1.48 bits per heavy atom. The minimum Gasteiger partial charge on any atom is -0.389 e. The zero-order valence-electron chi connectivity index (χ0n) is 12.3. The van der Waals surface area contributed by atoms with Gasteiger partial charge in [-0.3, -0.25) is 4.21 Å². The van der Waals surface area contributed by atoms with E-state index in [4.69, 9.17) is 18.0 Å². The summed E-state index contributed by atoms with van der Waals surface area (Å²) in [6, 6.07) is 4.55. The summed E-state index contributed by atoms with van der Waals surface area (Å²) in [5.74, 6) is 0.454. The Morgan fingerprint density at radius 2 is 2.10 bits per heavy atom. The molecule has 0 aliphatic rings. The van der Waals surface area contributed by atoms with Crippen LogP contribution in [0.5, 0.6) is 0 Å². The molecule has 21 heavy (non-hydrogen) atoms. The second-order valence-electron chi connectivity index (χ2n) is 4.93. The average Bonchev–Trinajstić information content (AvgIpc) is 2.35. The van der Waals surface area contributed by atoms with Crippen LogP contribution in [0.15, 0.2) is 23.1 Å². The molecule has 0 amide bonds. The highest BCUT2D eigenvalue weighted by molar-refractivity contribution is 7.89. The maximum Gasteiger partial charge on any atom is 0.241 e. The number of sulfonamides is 1. The summed E-state index contributed by atoms with van der Waals surface area (Å²) in [7, 11) is -4.60. The van der Waals surface area contributed by atoms with Crippen molar-refractivity contribution >= 4 is 38.0 Å². The van der Waals surface area contributed by atoms with Crippen LogP contribution in [0.4, 0.5) is 0 Å². The zero-order valence-corrected chi connectivity index (χ0v) is 14.7. The first-order chi connectivity index (χ1) is 9.63. The van der Waals surface area contributed by atoms with Crippen LogP contribution in [0.2, 0.25) is 0 Å². The molecule has 8 heteroatoms. The molecule has 1 rings (SSSR count). The molecule has 0 aromatic heterocycles. The lowest BCUT2D eigenvalue weighted by Crippen LogP contribution is -2.34. The number of benzene rings is 1. The molecule has 2 atom stereocenters. The Kier molecular flexibility index (Phi) is 6.45. The molecule has 0 spiro atoms. The second-order valence-corrected chi connectivity index (χ2v) is 8.61. The fourth-order valence-electron chi connectivity index (χ4n) is 1.77. The van der Waals surface area contributed by atoms with Crippen molar-refractivity contribution in [1.29, 1.82) is 0 Å². The predicted molar refractivity (Wildman–Crippen MR) is 90.4 cm³/mol. The Hall–Kier alpha value is -0.830. The standard InChI is InChI=1S/C13H20N2O3S3/c1-9-4-5-11(13(14)19)8-12(9)21(17,18)15-10(2)6-7-20(3)16/h4-5,8,10,15H,6-7H2,1-3H3,(H2,14,19). The van der Waals surface area contributed by atoms with Crippen molar-refractivity contribution in [2.24, 2.45) is 5.73 Å². The van der Waals surface area contributed by atoms with Gasteiger partial charge in [0.25, 0.3) is 0 Å². The molecule has 0 radical (unpaired) electrons. The van der Waals surface area contributed by atoms with Crippen molar-refractivity contribution in [2.45, 2.75) is 31.2 Å². The molecule has 118 valence electrons. The third kappa shape index (κ3) is 5.46. The van der Waals surface area contributed by atoms with Crippen LogP contribution in [0.3, 0.4) is 0 Å². The van der Waals surface area contributed by atoms with Gasteiger partial charge in [-0.05, 0) is 31.9 Å². The van der Waals surface area contributed by atoms with E-state index in [0.29, 0.717) is 23.3 Å². The van der Waals surface area contributed by atoms with Crippen molar-refractivity contribution in [1.82, 2.24) is 4.72 Å². The summed E-state index contributed by atoms with van der Waals surface area (Å²) in [5.41, 5.74) is 6.67. The van der Waals surface area contributed by atoms with Gasteiger partial charge in [0.1, 0.15) is 4.99 Å². The third-order valence-corrected chi connectivity index (χ3v) is 5.73. The largest absolute Gasteiger partial charge is 0.389 e. The number of nitrogens with two attached hydrogens (primary N) is 1. The topological polar surface area (TPSA) is 89.3 Å². The molecule has 0 bridgehead atoms. The van der Waals surface area contributed by atoms with Gasteiger partial charge in [0, 0.05) is 34.4 Å². The van der Waals surface area contributed by atoms with Gasteiger partial charge in [0.15, 0.2) is 0 Å². The van der Waals surface area contributed by atoms with Crippen molar-refractivity contribution in [3.05, 3.63) is 29.3 Å². The van der Waals surface area contributed by atoms with Gasteiger partial charge in [-0.25, -0.2) is 13.1 Å². The quantitative estimate of drug-likeness (QED) is 0.719. The van der Waals surface area contributed by atoms with E-state index < -0.39 is 20.8 Å². The van der Waals surface area contributed by atoms with E-state index in [1.165, 1.54) is 6.07 Å². The highest BCUT2D eigenvalue weighted by Gasteiger charge is 2.20. The van der Waals surface area contributed by atoms with Crippen molar-refractivity contribution in [3.8, 4) is 0 Å². The van der Waals surface area contributed by atoms with E-state index in [9.17, 15) is 12.6 Å². The fourth-order valence-corrected chi connectivity index (χ4v) is 4.13. The Morgan fingerprint density at radius 3 is 2.62 bits per heavy atom. The second kappa shape index (κ2) is 7.44. The van der Waals surface area contributed by atoms with Gasteiger partial charge >= 0.3 is 0 Å². The summed E-state index contributed by atoms with van der Waals surface area (Å²) >= 11 is 4.87. The summed E-state index contributed by atoms with van der Waals surface area (Å²) in [4.78, 5) is 0.318. The van der Waals surface area contributed by atoms with E-state index in [1.54, 1.807) is 32.2 Å². The van der Waals surface area contributed by atoms with E-state index in [-0.39, 0.29) is 15.9 Å². The Bertz CT molecular complexity index is 657. The smallest absolute Gasteiger partial charge is 0.241 e. The molecule has 1 aromatic rings. The monoisotopic (exact) mass is 348 g/mol. The van der Waals surface area contributed by atoms with E-state index in [2.05, 4.69) is 4.72 Å². The number of rotatable bonds is 7. The number of nitrogens with one attached hydrogen (secondary N) is 1. The van der Waals surface area contributed by atoms with Gasteiger partial charge < -0.3 is 5.73 Å². The number of hydrogen-bond acceptors (Lipinski definition) is 4. The minimum atomic E-state index is -3.66. The first-order valence-electron chi connectivity index (χ1n) is 6.36. The molecule has 2 unspecified atom stereocenters. The Labute approximate surface area is 133 Å². The van der Waals surface area contributed by atoms with E-state index >= 15 is 0 Å². The van der Waals surface area contributed by atoms with Crippen LogP contribution < -0.4 is 10.5 Å². The summed E-state index contributed by atoms with van der Waals surface area (Å²) in [5, 5.41) is 0. The van der Waals surface area contributed by atoms with Crippen LogP contribution in [0.1, 0.15) is 24.5 Å². The van der Waals surface area contributed by atoms with Gasteiger partial charge in [-0.1, -0.05) is 24.4 Å². The third-order valence-electron chi connectivity index (χ3n) is 2.96. The molecule has 0 saturated heterocycles. The lowest BCUT2D eigenvalue weighted by molar-refractivity contribution is 0.555. The van der Waals surface area contributed by atoms with E-state index in [1.807, 2.05) is 0 Å². The maximum atomic E-state index is 12.4. The molecular formula is C13H20N2O3S3. The number of aryl methyl sites for hydroxylation is 1. The molecule has 0 heterocycles. The zero-order chi connectivity index (χ0) is 16.2. The minimum absolute atomic E-state index is 0.154. The van der Waals surface area contributed by atoms with Crippen LogP contribution in [0, 0.1) is 6.92 Å². The van der Waals surface area contributed by atoms with Gasteiger partial charge in [-0.15, -0.1) is 0 Å². The summed E-state index contributed by atoms with van der Waals surface area (Å²) in [6.45, 7) is 3.46. The van der Waals surface area contributed by atoms with Crippen LogP contribution in [0.25, 0.3) is 0 Å². The average molecular weight is 349 g/mol. The Balaban J connectivity index is 2.99. The molecule has 3 N–H and O–H groups in total. The lowest BCUT2D eigenvalue weighted by Gasteiger charge is -2.15. The number of thiocarbonyl (C=S) groups is 1.